The van der Waals surface area contributed by atoms with Crippen molar-refractivity contribution in [2.75, 3.05) is 6.61 Å². The topological polar surface area (TPSA) is 9.23 Å². The highest BCUT2D eigenvalue weighted by Crippen LogP contribution is 2.41. The van der Waals surface area contributed by atoms with Crippen LogP contribution in [0.1, 0.15) is 99.3 Å². The van der Waals surface area contributed by atoms with Crippen LogP contribution in [0, 0.1) is 17.6 Å². The Bertz CT molecular complexity index is 860. The van der Waals surface area contributed by atoms with Gasteiger partial charge >= 0.3 is 0 Å². The number of halogens is 2. The van der Waals surface area contributed by atoms with E-state index in [2.05, 4.69) is 26.0 Å². The number of hydrogen-bond donors (Lipinski definition) is 0. The summed E-state index contributed by atoms with van der Waals surface area (Å²) < 4.78 is 36.1. The summed E-state index contributed by atoms with van der Waals surface area (Å²) in [6.07, 6.45) is 10.3. The standard InChI is InChI=1S/C28H36F2O/c1-3-5-19-6-8-20(9-7-19)24-17-26(29)28(27(30)18-24)23-11-10-22-16-25(31-14-4-2)13-12-21(22)15-23/h12-13,16-20,23H,3-11,14-15H2,1-2H3. The predicted octanol–water partition coefficient (Wildman–Crippen LogP) is 8.10. The van der Waals surface area contributed by atoms with Crippen molar-refractivity contribution >= 4 is 0 Å². The van der Waals surface area contributed by atoms with Crippen molar-refractivity contribution in [3.63, 3.8) is 0 Å². The van der Waals surface area contributed by atoms with Gasteiger partial charge in [0.05, 0.1) is 6.61 Å². The third kappa shape index (κ3) is 5.13. The smallest absolute Gasteiger partial charge is 0.129 e. The molecule has 1 atom stereocenters. The lowest BCUT2D eigenvalue weighted by atomic mass is 9.76. The molecule has 2 aliphatic rings. The molecular weight excluding hydrogens is 390 g/mol. The van der Waals surface area contributed by atoms with E-state index in [9.17, 15) is 0 Å². The lowest BCUT2D eigenvalue weighted by Crippen LogP contribution is -2.17. The first-order valence-corrected chi connectivity index (χ1v) is 12.3. The van der Waals surface area contributed by atoms with E-state index in [0.717, 1.165) is 49.3 Å². The highest BCUT2D eigenvalue weighted by molar-refractivity contribution is 5.40. The van der Waals surface area contributed by atoms with E-state index in [-0.39, 0.29) is 17.6 Å². The minimum Gasteiger partial charge on any atom is -0.494 e. The van der Waals surface area contributed by atoms with Gasteiger partial charge in [-0.3, -0.25) is 0 Å². The summed E-state index contributed by atoms with van der Waals surface area (Å²) in [5.41, 5.74) is 3.60. The zero-order valence-electron chi connectivity index (χ0n) is 19.1. The molecule has 2 aromatic carbocycles. The van der Waals surface area contributed by atoms with Crippen LogP contribution in [0.25, 0.3) is 0 Å². The molecule has 2 aromatic rings. The third-order valence-corrected chi connectivity index (χ3v) is 7.40. The average Bonchev–Trinajstić information content (AvgIpc) is 2.78. The van der Waals surface area contributed by atoms with E-state index in [1.54, 1.807) is 12.1 Å². The molecule has 0 amide bonds. The molecule has 0 N–H and O–H groups in total. The lowest BCUT2D eigenvalue weighted by molar-refractivity contribution is 0.307. The molecule has 1 nitrogen and oxygen atoms in total. The summed E-state index contributed by atoms with van der Waals surface area (Å²) in [5, 5.41) is 0. The molecule has 3 heteroatoms. The number of rotatable bonds is 7. The van der Waals surface area contributed by atoms with Crippen LogP contribution < -0.4 is 4.74 Å². The van der Waals surface area contributed by atoms with Gasteiger partial charge in [0.25, 0.3) is 0 Å². The van der Waals surface area contributed by atoms with Gasteiger partial charge in [0.1, 0.15) is 17.4 Å². The van der Waals surface area contributed by atoms with E-state index in [1.165, 1.54) is 36.8 Å². The Hall–Kier alpha value is -1.90. The van der Waals surface area contributed by atoms with E-state index >= 15 is 8.78 Å². The molecule has 1 saturated carbocycles. The summed E-state index contributed by atoms with van der Waals surface area (Å²) in [5.74, 6) is 1.22. The first kappa shape index (κ1) is 22.3. The molecular formula is C28H36F2O. The Morgan fingerprint density at radius 2 is 1.58 bits per heavy atom. The Kier molecular flexibility index (Phi) is 7.30. The van der Waals surface area contributed by atoms with Crippen LogP contribution in [-0.2, 0) is 12.8 Å². The van der Waals surface area contributed by atoms with Gasteiger partial charge in [-0.15, -0.1) is 0 Å². The summed E-state index contributed by atoms with van der Waals surface area (Å²) in [4.78, 5) is 0. The van der Waals surface area contributed by atoms with Crippen molar-refractivity contribution in [1.29, 1.82) is 0 Å². The van der Waals surface area contributed by atoms with E-state index in [4.69, 9.17) is 4.74 Å². The van der Waals surface area contributed by atoms with Crippen LogP contribution >= 0.6 is 0 Å². The van der Waals surface area contributed by atoms with Crippen molar-refractivity contribution in [3.05, 3.63) is 64.2 Å². The monoisotopic (exact) mass is 426 g/mol. The summed E-state index contributed by atoms with van der Waals surface area (Å²) in [6.45, 7) is 5.04. The highest BCUT2D eigenvalue weighted by atomic mass is 19.1. The summed E-state index contributed by atoms with van der Waals surface area (Å²) >= 11 is 0. The van der Waals surface area contributed by atoms with Crippen LogP contribution in [-0.4, -0.2) is 6.61 Å². The van der Waals surface area contributed by atoms with Gasteiger partial charge in [-0.05, 0) is 110 Å². The Morgan fingerprint density at radius 3 is 2.26 bits per heavy atom. The number of benzene rings is 2. The van der Waals surface area contributed by atoms with Crippen molar-refractivity contribution in [2.45, 2.75) is 89.9 Å². The largest absolute Gasteiger partial charge is 0.494 e. The predicted molar refractivity (Wildman–Crippen MR) is 123 cm³/mol. The molecule has 168 valence electrons. The van der Waals surface area contributed by atoms with Gasteiger partial charge in [-0.2, -0.15) is 0 Å². The molecule has 4 rings (SSSR count). The zero-order valence-corrected chi connectivity index (χ0v) is 19.1. The van der Waals surface area contributed by atoms with Gasteiger partial charge in [-0.1, -0.05) is 32.8 Å². The van der Waals surface area contributed by atoms with Crippen molar-refractivity contribution in [3.8, 4) is 5.75 Å². The molecule has 0 radical (unpaired) electrons. The molecule has 0 spiro atoms. The highest BCUT2D eigenvalue weighted by Gasteiger charge is 2.28. The Labute approximate surface area is 186 Å². The normalized spacial score (nSPS) is 23.4. The second-order valence-electron chi connectivity index (χ2n) is 9.62. The molecule has 0 saturated heterocycles. The Morgan fingerprint density at radius 1 is 0.839 bits per heavy atom. The van der Waals surface area contributed by atoms with Gasteiger partial charge in [0.15, 0.2) is 0 Å². The minimum absolute atomic E-state index is 0.0933. The van der Waals surface area contributed by atoms with Gasteiger partial charge in [0.2, 0.25) is 0 Å². The lowest BCUT2D eigenvalue weighted by Gasteiger charge is -2.30. The van der Waals surface area contributed by atoms with Crippen LogP contribution in [0.15, 0.2) is 30.3 Å². The van der Waals surface area contributed by atoms with E-state index in [1.807, 2.05) is 6.07 Å². The van der Waals surface area contributed by atoms with Crippen molar-refractivity contribution < 1.29 is 13.5 Å². The summed E-state index contributed by atoms with van der Waals surface area (Å²) in [7, 11) is 0. The van der Waals surface area contributed by atoms with Crippen molar-refractivity contribution in [2.24, 2.45) is 5.92 Å². The van der Waals surface area contributed by atoms with Crippen LogP contribution in [0.5, 0.6) is 5.75 Å². The van der Waals surface area contributed by atoms with Gasteiger partial charge in [-0.25, -0.2) is 8.78 Å². The molecule has 0 bridgehead atoms. The molecule has 0 aliphatic heterocycles. The van der Waals surface area contributed by atoms with E-state index < -0.39 is 0 Å². The first-order valence-electron chi connectivity index (χ1n) is 12.3. The maximum Gasteiger partial charge on any atom is 0.129 e. The second kappa shape index (κ2) is 10.1. The van der Waals surface area contributed by atoms with Gasteiger partial charge < -0.3 is 4.74 Å². The van der Waals surface area contributed by atoms with Crippen LogP contribution in [0.2, 0.25) is 0 Å². The number of aryl methyl sites for hydroxylation is 1. The fourth-order valence-electron chi connectivity index (χ4n) is 5.71. The molecule has 0 aromatic heterocycles. The number of ether oxygens (including phenoxy) is 1. The third-order valence-electron chi connectivity index (χ3n) is 7.40. The molecule has 1 unspecified atom stereocenters. The number of fused-ring (bicyclic) bond motifs is 1. The van der Waals surface area contributed by atoms with Crippen LogP contribution in [0.3, 0.4) is 0 Å². The van der Waals surface area contributed by atoms with E-state index in [0.29, 0.717) is 24.5 Å². The quantitative estimate of drug-likeness (QED) is 0.434. The minimum atomic E-state index is -0.345. The van der Waals surface area contributed by atoms with Crippen LogP contribution in [0.4, 0.5) is 8.78 Å². The Balaban J connectivity index is 1.47. The molecule has 0 heterocycles. The fourth-order valence-corrected chi connectivity index (χ4v) is 5.71. The fraction of sp³-hybridized carbons (Fsp3) is 0.571. The summed E-state index contributed by atoms with van der Waals surface area (Å²) in [6, 6.07) is 9.44. The zero-order chi connectivity index (χ0) is 21.8. The maximum absolute atomic E-state index is 15.2. The second-order valence-corrected chi connectivity index (χ2v) is 9.62. The molecule has 31 heavy (non-hydrogen) atoms. The first-order chi connectivity index (χ1) is 15.1. The molecule has 1 fully saturated rings. The maximum atomic E-state index is 15.2. The average molecular weight is 427 g/mol. The SMILES string of the molecule is CCCOc1ccc2c(c1)CCC(c1c(F)cc(C3CCC(CCC)CC3)cc1F)C2. The van der Waals surface area contributed by atoms with Crippen molar-refractivity contribution in [1.82, 2.24) is 0 Å². The van der Waals surface area contributed by atoms with Gasteiger partial charge in [0, 0.05) is 5.56 Å². The number of hydrogen-bond acceptors (Lipinski definition) is 1. The molecule has 2 aliphatic carbocycles.